The molecule has 1 aromatic heterocycles. The van der Waals surface area contributed by atoms with E-state index in [4.69, 9.17) is 4.74 Å². The van der Waals surface area contributed by atoms with Crippen LogP contribution < -0.4 is 5.32 Å². The minimum atomic E-state index is -0.189. The minimum Gasteiger partial charge on any atom is -0.371 e. The highest BCUT2D eigenvalue weighted by atomic mass is 16.5. The van der Waals surface area contributed by atoms with E-state index in [0.29, 0.717) is 43.5 Å². The van der Waals surface area contributed by atoms with Crippen molar-refractivity contribution in [1.29, 1.82) is 0 Å². The molecule has 1 spiro atoms. The second kappa shape index (κ2) is 7.52. The van der Waals surface area contributed by atoms with Crippen LogP contribution >= 0.6 is 0 Å². The fourth-order valence-corrected chi connectivity index (χ4v) is 3.76. The first-order chi connectivity index (χ1) is 12.0. The van der Waals surface area contributed by atoms with Gasteiger partial charge in [-0.15, -0.1) is 0 Å². The molecule has 0 aliphatic carbocycles. The van der Waals surface area contributed by atoms with Crippen molar-refractivity contribution in [3.63, 3.8) is 0 Å². The van der Waals surface area contributed by atoms with Gasteiger partial charge in [-0.3, -0.25) is 14.6 Å². The number of carbonyl (C=O) groups excluding carboxylic acids is 2. The van der Waals surface area contributed by atoms with E-state index in [1.807, 2.05) is 4.90 Å². The van der Waals surface area contributed by atoms with E-state index in [0.717, 1.165) is 19.4 Å². The summed E-state index contributed by atoms with van der Waals surface area (Å²) in [6.07, 6.45) is 5.69. The highest BCUT2D eigenvalue weighted by molar-refractivity contribution is 5.93. The summed E-state index contributed by atoms with van der Waals surface area (Å²) in [7, 11) is 0. The first-order valence-electron chi connectivity index (χ1n) is 9.10. The van der Waals surface area contributed by atoms with Crippen LogP contribution in [-0.2, 0) is 9.53 Å². The first kappa shape index (κ1) is 17.9. The lowest BCUT2D eigenvalue weighted by Gasteiger charge is -2.50. The van der Waals surface area contributed by atoms with Gasteiger partial charge in [0.15, 0.2) is 0 Å². The standard InChI is InChI=1S/C19H27N3O3/c1-14(2)10-17(23)22-12-19(13-22)16(6-9-25-19)5-8-21-18(24)15-4-3-7-20-11-15/h3-4,7,11,14,16H,5-6,8-10,12-13H2,1-2H3,(H,21,24)/t16-/m0/s1. The number of carbonyl (C=O) groups is 2. The molecule has 3 heterocycles. The van der Waals surface area contributed by atoms with Crippen LogP contribution in [-0.4, -0.2) is 53.5 Å². The predicted octanol–water partition coefficient (Wildman–Crippen LogP) is 1.87. The quantitative estimate of drug-likeness (QED) is 0.854. The molecule has 0 saturated carbocycles. The highest BCUT2D eigenvalue weighted by Gasteiger charge is 2.53. The number of nitrogens with one attached hydrogen (secondary N) is 1. The van der Waals surface area contributed by atoms with Gasteiger partial charge < -0.3 is 15.0 Å². The summed E-state index contributed by atoms with van der Waals surface area (Å²) in [4.78, 5) is 30.1. The summed E-state index contributed by atoms with van der Waals surface area (Å²) in [5, 5.41) is 2.96. The summed E-state index contributed by atoms with van der Waals surface area (Å²) in [6.45, 7) is 6.87. The van der Waals surface area contributed by atoms with E-state index in [-0.39, 0.29) is 17.4 Å². The molecule has 136 valence electrons. The molecule has 0 unspecified atom stereocenters. The van der Waals surface area contributed by atoms with Crippen molar-refractivity contribution in [1.82, 2.24) is 15.2 Å². The maximum atomic E-state index is 12.2. The molecular formula is C19H27N3O3. The van der Waals surface area contributed by atoms with Gasteiger partial charge >= 0.3 is 0 Å². The Balaban J connectivity index is 1.45. The third kappa shape index (κ3) is 4.00. The van der Waals surface area contributed by atoms with Crippen molar-refractivity contribution in [3.8, 4) is 0 Å². The van der Waals surface area contributed by atoms with E-state index in [2.05, 4.69) is 24.1 Å². The van der Waals surface area contributed by atoms with Crippen molar-refractivity contribution in [3.05, 3.63) is 30.1 Å². The number of amides is 2. The summed E-state index contributed by atoms with van der Waals surface area (Å²) >= 11 is 0. The molecule has 1 atom stereocenters. The molecule has 0 aromatic carbocycles. The Bertz CT molecular complexity index is 612. The van der Waals surface area contributed by atoms with Crippen LogP contribution in [0.1, 0.15) is 43.5 Å². The zero-order chi connectivity index (χ0) is 17.9. The number of ether oxygens (including phenoxy) is 1. The summed E-state index contributed by atoms with van der Waals surface area (Å²) in [5.41, 5.74) is 0.389. The lowest BCUT2D eigenvalue weighted by atomic mass is 9.78. The van der Waals surface area contributed by atoms with Gasteiger partial charge in [0.05, 0.1) is 18.7 Å². The normalized spacial score (nSPS) is 21.4. The number of likely N-dealkylation sites (tertiary alicyclic amines) is 1. The van der Waals surface area contributed by atoms with Gasteiger partial charge in [0, 0.05) is 32.0 Å². The number of hydrogen-bond acceptors (Lipinski definition) is 4. The molecule has 2 fully saturated rings. The van der Waals surface area contributed by atoms with Crippen LogP contribution in [0, 0.1) is 11.8 Å². The fourth-order valence-electron chi connectivity index (χ4n) is 3.76. The van der Waals surface area contributed by atoms with E-state index >= 15 is 0 Å². The van der Waals surface area contributed by atoms with Gasteiger partial charge in [-0.25, -0.2) is 0 Å². The average Bonchev–Trinajstić information content (AvgIpc) is 2.97. The minimum absolute atomic E-state index is 0.0941. The third-order valence-corrected chi connectivity index (χ3v) is 5.15. The fraction of sp³-hybridized carbons (Fsp3) is 0.632. The number of aromatic nitrogens is 1. The predicted molar refractivity (Wildman–Crippen MR) is 94.0 cm³/mol. The smallest absolute Gasteiger partial charge is 0.252 e. The number of rotatable bonds is 6. The molecular weight excluding hydrogens is 318 g/mol. The van der Waals surface area contributed by atoms with Gasteiger partial charge in [0.1, 0.15) is 5.60 Å². The lowest BCUT2D eigenvalue weighted by molar-refractivity contribution is -0.166. The maximum Gasteiger partial charge on any atom is 0.252 e. The topological polar surface area (TPSA) is 71.5 Å². The number of pyridine rings is 1. The van der Waals surface area contributed by atoms with Crippen LogP contribution in [0.25, 0.3) is 0 Å². The van der Waals surface area contributed by atoms with Crippen molar-refractivity contribution in [2.45, 2.75) is 38.7 Å². The Morgan fingerprint density at radius 2 is 2.24 bits per heavy atom. The lowest BCUT2D eigenvalue weighted by Crippen LogP contribution is -2.66. The van der Waals surface area contributed by atoms with Crippen molar-refractivity contribution >= 4 is 11.8 Å². The Morgan fingerprint density at radius 3 is 2.92 bits per heavy atom. The Kier molecular flexibility index (Phi) is 5.37. The Labute approximate surface area is 148 Å². The van der Waals surface area contributed by atoms with E-state index in [9.17, 15) is 9.59 Å². The highest BCUT2D eigenvalue weighted by Crippen LogP contribution is 2.41. The van der Waals surface area contributed by atoms with Gasteiger partial charge in [0.2, 0.25) is 5.91 Å². The molecule has 3 rings (SSSR count). The second-order valence-electron chi connectivity index (χ2n) is 7.53. The van der Waals surface area contributed by atoms with Crippen molar-refractivity contribution < 1.29 is 14.3 Å². The molecule has 2 aliphatic rings. The van der Waals surface area contributed by atoms with Gasteiger partial charge in [0.25, 0.3) is 5.91 Å². The van der Waals surface area contributed by atoms with E-state index in [1.54, 1.807) is 24.5 Å². The zero-order valence-electron chi connectivity index (χ0n) is 15.0. The van der Waals surface area contributed by atoms with Crippen LogP contribution in [0.4, 0.5) is 0 Å². The van der Waals surface area contributed by atoms with Crippen LogP contribution in [0.3, 0.4) is 0 Å². The van der Waals surface area contributed by atoms with Crippen molar-refractivity contribution in [2.75, 3.05) is 26.2 Å². The van der Waals surface area contributed by atoms with E-state index < -0.39 is 0 Å². The number of nitrogens with zero attached hydrogens (tertiary/aromatic N) is 2. The zero-order valence-corrected chi connectivity index (χ0v) is 15.0. The van der Waals surface area contributed by atoms with Crippen LogP contribution in [0.2, 0.25) is 0 Å². The van der Waals surface area contributed by atoms with Crippen molar-refractivity contribution in [2.24, 2.45) is 11.8 Å². The summed E-state index contributed by atoms with van der Waals surface area (Å²) in [6, 6.07) is 3.51. The Hall–Kier alpha value is -1.95. The molecule has 0 radical (unpaired) electrons. The monoisotopic (exact) mass is 345 g/mol. The summed E-state index contributed by atoms with van der Waals surface area (Å²) in [5.74, 6) is 0.903. The molecule has 1 aromatic rings. The Morgan fingerprint density at radius 1 is 1.44 bits per heavy atom. The molecule has 0 bridgehead atoms. The van der Waals surface area contributed by atoms with Crippen LogP contribution in [0.15, 0.2) is 24.5 Å². The second-order valence-corrected chi connectivity index (χ2v) is 7.53. The van der Waals surface area contributed by atoms with Crippen LogP contribution in [0.5, 0.6) is 0 Å². The largest absolute Gasteiger partial charge is 0.371 e. The van der Waals surface area contributed by atoms with Gasteiger partial charge in [-0.1, -0.05) is 13.8 Å². The molecule has 2 aliphatic heterocycles. The van der Waals surface area contributed by atoms with Gasteiger partial charge in [-0.2, -0.15) is 0 Å². The first-order valence-corrected chi connectivity index (χ1v) is 9.10. The molecule has 6 heteroatoms. The molecule has 6 nitrogen and oxygen atoms in total. The van der Waals surface area contributed by atoms with E-state index in [1.165, 1.54) is 0 Å². The average molecular weight is 345 g/mol. The van der Waals surface area contributed by atoms with Gasteiger partial charge in [-0.05, 0) is 36.8 Å². The maximum absolute atomic E-state index is 12.2. The SMILES string of the molecule is CC(C)CC(=O)N1CC2(C1)OCC[C@@H]2CCNC(=O)c1cccnc1. The number of hydrogen-bond donors (Lipinski definition) is 1. The molecule has 25 heavy (non-hydrogen) atoms. The molecule has 2 amide bonds. The molecule has 1 N–H and O–H groups in total. The third-order valence-electron chi connectivity index (χ3n) is 5.15. The molecule has 2 saturated heterocycles. The summed E-state index contributed by atoms with van der Waals surface area (Å²) < 4.78 is 6.00.